The lowest BCUT2D eigenvalue weighted by Crippen LogP contribution is -2.40. The maximum atomic E-state index is 12.9. The van der Waals surface area contributed by atoms with Gasteiger partial charge in [0.05, 0.1) is 15.6 Å². The Hall–Kier alpha value is -2.59. The van der Waals surface area contributed by atoms with Gasteiger partial charge in [0.15, 0.2) is 11.8 Å². The van der Waals surface area contributed by atoms with Crippen LogP contribution < -0.4 is 14.8 Å². The number of nitrogens with zero attached hydrogens (tertiary/aromatic N) is 2. The number of anilines is 1. The van der Waals surface area contributed by atoms with E-state index in [0.29, 0.717) is 17.8 Å². The Morgan fingerprint density at radius 3 is 2.73 bits per heavy atom. The molecule has 1 aliphatic heterocycles. The van der Waals surface area contributed by atoms with Gasteiger partial charge in [-0.15, -0.1) is 0 Å². The largest absolute Gasteiger partial charge is 0.478 e. The Morgan fingerprint density at radius 1 is 1.40 bits per heavy atom. The van der Waals surface area contributed by atoms with Gasteiger partial charge in [-0.25, -0.2) is 13.1 Å². The molecule has 1 atom stereocenters. The predicted octanol–water partition coefficient (Wildman–Crippen LogP) is 2.73. The van der Waals surface area contributed by atoms with Crippen molar-refractivity contribution in [2.75, 3.05) is 5.32 Å². The van der Waals surface area contributed by atoms with Gasteiger partial charge in [-0.3, -0.25) is 14.3 Å². The molecular formula is C19H23ClN4O5S. The first kappa shape index (κ1) is 22.1. The van der Waals surface area contributed by atoms with Crippen molar-refractivity contribution in [2.24, 2.45) is 5.92 Å². The summed E-state index contributed by atoms with van der Waals surface area (Å²) in [7, 11) is -4.24. The van der Waals surface area contributed by atoms with E-state index in [1.807, 2.05) is 25.5 Å². The average molecular weight is 455 g/mol. The van der Waals surface area contributed by atoms with Gasteiger partial charge in [0.2, 0.25) is 0 Å². The molecule has 1 aliphatic rings. The van der Waals surface area contributed by atoms with Crippen LogP contribution in [-0.4, -0.2) is 36.1 Å². The van der Waals surface area contributed by atoms with Crippen LogP contribution in [0.2, 0.25) is 5.02 Å². The van der Waals surface area contributed by atoms with E-state index in [1.54, 1.807) is 6.92 Å². The molecule has 0 saturated heterocycles. The fourth-order valence-corrected chi connectivity index (χ4v) is 4.54. The van der Waals surface area contributed by atoms with Crippen LogP contribution in [0.15, 0.2) is 23.2 Å². The number of amides is 2. The van der Waals surface area contributed by atoms with Crippen LogP contribution in [-0.2, 0) is 21.4 Å². The summed E-state index contributed by atoms with van der Waals surface area (Å²) in [6, 6.07) is 2.79. The highest BCUT2D eigenvalue weighted by atomic mass is 35.5. The van der Waals surface area contributed by atoms with Crippen LogP contribution >= 0.6 is 11.6 Å². The summed E-state index contributed by atoms with van der Waals surface area (Å²) in [6.45, 7) is 7.69. The highest BCUT2D eigenvalue weighted by molar-refractivity contribution is 7.90. The molecule has 0 radical (unpaired) electrons. The summed E-state index contributed by atoms with van der Waals surface area (Å²) in [4.78, 5) is 24.5. The molecule has 0 spiro atoms. The smallest absolute Gasteiger partial charge is 0.287 e. The van der Waals surface area contributed by atoms with Gasteiger partial charge >= 0.3 is 0 Å². The summed E-state index contributed by atoms with van der Waals surface area (Å²) in [6.07, 6.45) is 1.51. The van der Waals surface area contributed by atoms with E-state index < -0.39 is 22.0 Å². The van der Waals surface area contributed by atoms with E-state index in [1.165, 1.54) is 23.0 Å². The van der Waals surface area contributed by atoms with Crippen molar-refractivity contribution in [1.29, 1.82) is 0 Å². The molecule has 0 aliphatic carbocycles. The molecule has 1 aromatic carbocycles. The minimum atomic E-state index is -4.24. The number of hydrogen-bond donors (Lipinski definition) is 2. The molecule has 2 N–H and O–H groups in total. The van der Waals surface area contributed by atoms with Crippen molar-refractivity contribution in [2.45, 2.75) is 51.7 Å². The molecule has 2 heterocycles. The number of fused-ring (bicyclic) bond motifs is 1. The maximum absolute atomic E-state index is 12.9. The number of nitrogens with one attached hydrogen (secondary N) is 2. The Balaban J connectivity index is 1.90. The molecule has 2 amide bonds. The number of hydrogen-bond acceptors (Lipinski definition) is 6. The van der Waals surface area contributed by atoms with Crippen LogP contribution in [0, 0.1) is 12.8 Å². The first-order valence-electron chi connectivity index (χ1n) is 9.45. The van der Waals surface area contributed by atoms with Crippen LogP contribution in [0.1, 0.15) is 43.2 Å². The molecule has 2 aromatic rings. The Morgan fingerprint density at radius 2 is 2.10 bits per heavy atom. The lowest BCUT2D eigenvalue weighted by molar-refractivity contribution is -0.125. The second-order valence-corrected chi connectivity index (χ2v) is 9.47. The lowest BCUT2D eigenvalue weighted by Gasteiger charge is -2.29. The molecular weight excluding hydrogens is 432 g/mol. The van der Waals surface area contributed by atoms with Gasteiger partial charge in [-0.2, -0.15) is 5.10 Å². The number of benzene rings is 1. The molecule has 1 aromatic heterocycles. The van der Waals surface area contributed by atoms with E-state index in [2.05, 4.69) is 10.4 Å². The molecule has 0 bridgehead atoms. The monoisotopic (exact) mass is 454 g/mol. The van der Waals surface area contributed by atoms with Gasteiger partial charge in [-0.1, -0.05) is 32.4 Å². The molecule has 0 saturated carbocycles. The summed E-state index contributed by atoms with van der Waals surface area (Å²) >= 11 is 6.04. The van der Waals surface area contributed by atoms with Gasteiger partial charge in [0.1, 0.15) is 5.75 Å². The Kier molecular flexibility index (Phi) is 6.09. The molecule has 162 valence electrons. The quantitative estimate of drug-likeness (QED) is 0.692. The summed E-state index contributed by atoms with van der Waals surface area (Å²) in [5.41, 5.74) is 0.539. The van der Waals surface area contributed by atoms with Crippen molar-refractivity contribution in [3.8, 4) is 5.75 Å². The third-order valence-electron chi connectivity index (χ3n) is 4.55. The zero-order valence-corrected chi connectivity index (χ0v) is 18.6. The first-order chi connectivity index (χ1) is 14.0. The molecule has 9 nitrogen and oxygen atoms in total. The predicted molar refractivity (Wildman–Crippen MR) is 111 cm³/mol. The number of aryl methyl sites for hydroxylation is 2. The van der Waals surface area contributed by atoms with Crippen molar-refractivity contribution in [3.05, 3.63) is 34.6 Å². The standard InChI is InChI=1S/C19H23ClN4O5S/c1-5-6-24-9-12(20)16(22-24)18(25)23-30(27,28)15-8-14-13(7-11(15)4)21-19(26)17(29-14)10(2)3/h7-10,17H,5-6H2,1-4H3,(H,21,26)(H,23,25). The van der Waals surface area contributed by atoms with Crippen molar-refractivity contribution < 1.29 is 22.7 Å². The first-order valence-corrected chi connectivity index (χ1v) is 11.3. The summed E-state index contributed by atoms with van der Waals surface area (Å²) in [5.74, 6) is -1.11. The third-order valence-corrected chi connectivity index (χ3v) is 6.30. The van der Waals surface area contributed by atoms with Gasteiger partial charge in [-0.05, 0) is 30.9 Å². The average Bonchev–Trinajstić information content (AvgIpc) is 3.00. The van der Waals surface area contributed by atoms with E-state index in [0.717, 1.165) is 6.42 Å². The minimum absolute atomic E-state index is 0.0594. The maximum Gasteiger partial charge on any atom is 0.287 e. The van der Waals surface area contributed by atoms with Crippen molar-refractivity contribution >= 4 is 39.1 Å². The third kappa shape index (κ3) is 4.29. The summed E-state index contributed by atoms with van der Waals surface area (Å²) in [5, 5.41) is 6.83. The van der Waals surface area contributed by atoms with Crippen molar-refractivity contribution in [1.82, 2.24) is 14.5 Å². The van der Waals surface area contributed by atoms with Crippen molar-refractivity contribution in [3.63, 3.8) is 0 Å². The fraction of sp³-hybridized carbons (Fsp3) is 0.421. The number of rotatable bonds is 6. The van der Waals surface area contributed by atoms with Gasteiger partial charge in [0, 0.05) is 18.8 Å². The Bertz CT molecular complexity index is 1110. The second-order valence-electron chi connectivity index (χ2n) is 7.41. The SMILES string of the molecule is CCCn1cc(Cl)c(C(=O)NS(=O)(=O)c2cc3c(cc2C)NC(=O)C(C(C)C)O3)n1. The number of carbonyl (C=O) groups excluding carboxylic acids is 2. The zero-order valence-electron chi connectivity index (χ0n) is 17.0. The van der Waals surface area contributed by atoms with E-state index >= 15 is 0 Å². The second kappa shape index (κ2) is 8.27. The molecule has 11 heteroatoms. The van der Waals surface area contributed by atoms with E-state index in [9.17, 15) is 18.0 Å². The number of halogens is 1. The van der Waals surface area contributed by atoms with E-state index in [-0.39, 0.29) is 33.2 Å². The number of carbonyl (C=O) groups is 2. The zero-order chi connectivity index (χ0) is 22.2. The highest BCUT2D eigenvalue weighted by Gasteiger charge is 2.32. The Labute approximate surface area is 179 Å². The van der Waals surface area contributed by atoms with Crippen LogP contribution in [0.3, 0.4) is 0 Å². The minimum Gasteiger partial charge on any atom is -0.478 e. The van der Waals surface area contributed by atoms with E-state index in [4.69, 9.17) is 16.3 Å². The highest BCUT2D eigenvalue weighted by Crippen LogP contribution is 2.35. The normalized spacial score (nSPS) is 16.1. The number of sulfonamides is 1. The molecule has 3 rings (SSSR count). The lowest BCUT2D eigenvalue weighted by atomic mass is 10.0. The fourth-order valence-electron chi connectivity index (χ4n) is 3.11. The number of ether oxygens (including phenoxy) is 1. The van der Waals surface area contributed by atoms with Crippen LogP contribution in [0.25, 0.3) is 0 Å². The molecule has 0 fully saturated rings. The van der Waals surface area contributed by atoms with Gasteiger partial charge < -0.3 is 10.1 Å². The molecule has 30 heavy (non-hydrogen) atoms. The summed E-state index contributed by atoms with van der Waals surface area (Å²) < 4.78 is 35.0. The van der Waals surface area contributed by atoms with Gasteiger partial charge in [0.25, 0.3) is 21.8 Å². The topological polar surface area (TPSA) is 119 Å². The number of aromatic nitrogens is 2. The van der Waals surface area contributed by atoms with Crippen LogP contribution in [0.4, 0.5) is 5.69 Å². The molecule has 1 unspecified atom stereocenters. The van der Waals surface area contributed by atoms with Crippen LogP contribution in [0.5, 0.6) is 5.75 Å².